The largest absolute Gasteiger partial charge is 0.490 e. The van der Waals surface area contributed by atoms with Gasteiger partial charge in [-0.25, -0.2) is 13.8 Å². The van der Waals surface area contributed by atoms with Crippen molar-refractivity contribution in [3.63, 3.8) is 0 Å². The van der Waals surface area contributed by atoms with Crippen molar-refractivity contribution in [1.29, 1.82) is 0 Å². The van der Waals surface area contributed by atoms with Crippen molar-refractivity contribution in [3.8, 4) is 17.4 Å². The van der Waals surface area contributed by atoms with Crippen molar-refractivity contribution < 1.29 is 27.7 Å². The van der Waals surface area contributed by atoms with Crippen LogP contribution in [0.15, 0.2) is 30.5 Å². The van der Waals surface area contributed by atoms with Crippen molar-refractivity contribution in [2.45, 2.75) is 31.8 Å². The summed E-state index contributed by atoms with van der Waals surface area (Å²) in [6.07, 6.45) is 2.26. The third kappa shape index (κ3) is 5.05. The van der Waals surface area contributed by atoms with Gasteiger partial charge in [0.05, 0.1) is 36.8 Å². The van der Waals surface area contributed by atoms with E-state index in [0.717, 1.165) is 63.5 Å². The lowest BCUT2D eigenvalue weighted by molar-refractivity contribution is 0.0542. The van der Waals surface area contributed by atoms with Gasteiger partial charge in [-0.15, -0.1) is 0 Å². The number of methoxy groups -OCH3 is 1. The van der Waals surface area contributed by atoms with Crippen LogP contribution in [0, 0.1) is 5.92 Å². The summed E-state index contributed by atoms with van der Waals surface area (Å²) in [5.74, 6) is 2.09. The number of hydrogen-bond donors (Lipinski definition) is 0. The van der Waals surface area contributed by atoms with E-state index in [1.807, 2.05) is 23.1 Å². The topological polar surface area (TPSA) is 56.3 Å². The first-order chi connectivity index (χ1) is 16.6. The van der Waals surface area contributed by atoms with Crippen LogP contribution in [0.3, 0.4) is 0 Å². The fraction of sp³-hybridized carbons (Fsp3) is 0.560. The highest BCUT2D eigenvalue weighted by Crippen LogP contribution is 2.41. The highest BCUT2D eigenvalue weighted by atomic mass is 19.3. The van der Waals surface area contributed by atoms with Crippen molar-refractivity contribution in [2.24, 2.45) is 5.92 Å². The minimum Gasteiger partial charge on any atom is -0.490 e. The Bertz CT molecular complexity index is 987. The van der Waals surface area contributed by atoms with Crippen LogP contribution in [0.4, 0.5) is 20.2 Å². The molecule has 7 nitrogen and oxygen atoms in total. The van der Waals surface area contributed by atoms with E-state index in [1.165, 1.54) is 13.2 Å². The van der Waals surface area contributed by atoms with E-state index >= 15 is 0 Å². The number of pyridine rings is 1. The van der Waals surface area contributed by atoms with Gasteiger partial charge in [-0.05, 0) is 43.4 Å². The minimum atomic E-state index is -2.68. The fourth-order valence-electron chi connectivity index (χ4n) is 5.02. The first-order valence-electron chi connectivity index (χ1n) is 11.9. The molecule has 0 aliphatic carbocycles. The number of nitrogens with zero attached hydrogens (tertiary/aromatic N) is 3. The number of halogens is 2. The number of ether oxygens (including phenoxy) is 4. The second-order valence-electron chi connectivity index (χ2n) is 9.07. The third-order valence-electron chi connectivity index (χ3n) is 6.79. The molecule has 0 radical (unpaired) electrons. The molecule has 34 heavy (non-hydrogen) atoms. The molecule has 0 N–H and O–H groups in total. The molecule has 3 aliphatic heterocycles. The Hall–Kier alpha value is -2.65. The summed E-state index contributed by atoms with van der Waals surface area (Å²) >= 11 is 0. The summed E-state index contributed by atoms with van der Waals surface area (Å²) in [6, 6.07) is 7.17. The molecule has 1 aromatic heterocycles. The normalized spacial score (nSPS) is 21.4. The lowest BCUT2D eigenvalue weighted by Gasteiger charge is -2.32. The predicted molar refractivity (Wildman–Crippen MR) is 124 cm³/mol. The first kappa shape index (κ1) is 23.1. The van der Waals surface area contributed by atoms with Gasteiger partial charge in [-0.2, -0.15) is 0 Å². The molecule has 184 valence electrons. The Labute approximate surface area is 198 Å². The summed E-state index contributed by atoms with van der Waals surface area (Å²) in [7, 11) is 1.34. The van der Waals surface area contributed by atoms with Crippen LogP contribution in [0.1, 0.15) is 31.3 Å². The molecular formula is C25H31F2N3O4. The lowest BCUT2D eigenvalue weighted by Crippen LogP contribution is -2.32. The number of anilines is 2. The zero-order valence-corrected chi connectivity index (χ0v) is 19.4. The maximum absolute atomic E-state index is 13.5. The highest BCUT2D eigenvalue weighted by Gasteiger charge is 2.28. The average molecular weight is 476 g/mol. The van der Waals surface area contributed by atoms with Gasteiger partial charge in [0.2, 0.25) is 5.88 Å². The number of alkyl halides is 2. The van der Waals surface area contributed by atoms with Crippen LogP contribution in [0.25, 0.3) is 0 Å². The highest BCUT2D eigenvalue weighted by molar-refractivity contribution is 5.72. The number of likely N-dealkylation sites (tertiary alicyclic amines) is 1. The summed E-state index contributed by atoms with van der Waals surface area (Å²) in [5, 5.41) is 0. The minimum absolute atomic E-state index is 0.0594. The lowest BCUT2D eigenvalue weighted by atomic mass is 10.00. The van der Waals surface area contributed by atoms with Crippen molar-refractivity contribution >= 4 is 11.4 Å². The predicted octanol–water partition coefficient (Wildman–Crippen LogP) is 4.44. The maximum atomic E-state index is 13.5. The molecular weight excluding hydrogens is 444 g/mol. The number of hydrogen-bond acceptors (Lipinski definition) is 7. The smallest absolute Gasteiger partial charge is 0.269 e. The van der Waals surface area contributed by atoms with Crippen molar-refractivity contribution in [3.05, 3.63) is 36.0 Å². The summed E-state index contributed by atoms with van der Waals surface area (Å²) in [6.45, 7) is 5.77. The van der Waals surface area contributed by atoms with E-state index in [-0.39, 0.29) is 17.5 Å². The Morgan fingerprint density at radius 2 is 1.97 bits per heavy atom. The molecule has 0 bridgehead atoms. The van der Waals surface area contributed by atoms with Crippen LogP contribution in [-0.4, -0.2) is 69.1 Å². The average Bonchev–Trinajstić information content (AvgIpc) is 3.30. The number of fused-ring (bicyclic) bond motifs is 1. The number of rotatable bonds is 7. The van der Waals surface area contributed by atoms with Crippen LogP contribution < -0.4 is 19.1 Å². The van der Waals surface area contributed by atoms with Crippen LogP contribution in [-0.2, 0) is 4.74 Å². The summed E-state index contributed by atoms with van der Waals surface area (Å²) in [5.41, 5.74) is 1.13. The van der Waals surface area contributed by atoms with Crippen molar-refractivity contribution in [1.82, 2.24) is 9.88 Å². The van der Waals surface area contributed by atoms with E-state index in [9.17, 15) is 8.78 Å². The van der Waals surface area contributed by atoms with Gasteiger partial charge in [-0.3, -0.25) is 4.90 Å². The molecule has 0 spiro atoms. The Morgan fingerprint density at radius 3 is 2.76 bits per heavy atom. The number of benzene rings is 1. The standard InChI is InChI=1S/C25H31F2N3O4/c1-31-25-21(24(26)27)12-18(14-28-25)30-8-11-33-23-3-2-19(13-22(23)30)34-20-4-7-29(16-20)15-17-5-9-32-10-6-17/h2-3,12-14,17,20,24H,4-11,15-16H2,1H3/t20-/m0/s1. The second kappa shape index (κ2) is 10.3. The van der Waals surface area contributed by atoms with Crippen molar-refractivity contribution in [2.75, 3.05) is 58.0 Å². The molecule has 2 aromatic rings. The van der Waals surface area contributed by atoms with Gasteiger partial charge in [0.1, 0.15) is 24.2 Å². The van der Waals surface area contributed by atoms with Gasteiger partial charge < -0.3 is 23.8 Å². The van der Waals surface area contributed by atoms with Gasteiger partial charge in [0.25, 0.3) is 6.43 Å². The molecule has 4 heterocycles. The quantitative estimate of drug-likeness (QED) is 0.587. The Balaban J connectivity index is 1.29. The fourth-order valence-corrected chi connectivity index (χ4v) is 5.02. The molecule has 2 fully saturated rings. The van der Waals surface area contributed by atoms with E-state index in [2.05, 4.69) is 9.88 Å². The van der Waals surface area contributed by atoms with E-state index < -0.39 is 6.43 Å². The zero-order valence-electron chi connectivity index (χ0n) is 19.4. The Kier molecular flexibility index (Phi) is 7.01. The zero-order chi connectivity index (χ0) is 23.5. The van der Waals surface area contributed by atoms with E-state index in [0.29, 0.717) is 30.5 Å². The molecule has 2 saturated heterocycles. The SMILES string of the molecule is COc1ncc(N2CCOc3ccc(O[C@H]4CCN(CC5CCOCC5)C4)cc32)cc1C(F)F. The van der Waals surface area contributed by atoms with Gasteiger partial charge >= 0.3 is 0 Å². The van der Waals surface area contributed by atoms with Gasteiger partial charge in [-0.1, -0.05) is 0 Å². The molecule has 1 atom stereocenters. The molecule has 1 aromatic carbocycles. The first-order valence-corrected chi connectivity index (χ1v) is 11.9. The second-order valence-corrected chi connectivity index (χ2v) is 9.07. The van der Waals surface area contributed by atoms with Gasteiger partial charge in [0.15, 0.2) is 0 Å². The van der Waals surface area contributed by atoms with Gasteiger partial charge in [0, 0.05) is 38.9 Å². The molecule has 9 heteroatoms. The van der Waals surface area contributed by atoms with Crippen LogP contribution >= 0.6 is 0 Å². The molecule has 0 amide bonds. The molecule has 5 rings (SSSR count). The number of aromatic nitrogens is 1. The third-order valence-corrected chi connectivity index (χ3v) is 6.79. The maximum Gasteiger partial charge on any atom is 0.269 e. The molecule has 0 saturated carbocycles. The van der Waals surface area contributed by atoms with E-state index in [1.54, 1.807) is 6.20 Å². The summed E-state index contributed by atoms with van der Waals surface area (Å²) < 4.78 is 49.7. The van der Waals surface area contributed by atoms with E-state index in [4.69, 9.17) is 18.9 Å². The monoisotopic (exact) mass is 475 g/mol. The van der Waals surface area contributed by atoms with Crippen LogP contribution in [0.5, 0.6) is 17.4 Å². The molecule has 3 aliphatic rings. The summed E-state index contributed by atoms with van der Waals surface area (Å²) in [4.78, 5) is 8.53. The molecule has 0 unspecified atom stereocenters. The van der Waals surface area contributed by atoms with Crippen LogP contribution in [0.2, 0.25) is 0 Å². The Morgan fingerprint density at radius 1 is 1.12 bits per heavy atom.